The molecule has 2 rings (SSSR count). The van der Waals surface area contributed by atoms with E-state index >= 15 is 0 Å². The van der Waals surface area contributed by atoms with Gasteiger partial charge in [-0.15, -0.1) is 11.3 Å². The average molecular weight is 316 g/mol. The van der Waals surface area contributed by atoms with Crippen molar-refractivity contribution in [2.24, 2.45) is 0 Å². The number of aromatic carboxylic acids is 1. The van der Waals surface area contributed by atoms with Crippen LogP contribution in [-0.2, 0) is 0 Å². The summed E-state index contributed by atoms with van der Waals surface area (Å²) in [5.41, 5.74) is 0.691. The molecule has 1 atom stereocenters. The molecule has 19 heavy (non-hydrogen) atoms. The van der Waals surface area contributed by atoms with E-state index in [9.17, 15) is 4.79 Å². The van der Waals surface area contributed by atoms with Crippen molar-refractivity contribution in [1.82, 2.24) is 0 Å². The Balaban J connectivity index is 2.27. The van der Waals surface area contributed by atoms with E-state index in [1.807, 2.05) is 19.1 Å². The van der Waals surface area contributed by atoms with E-state index in [4.69, 9.17) is 28.3 Å². The minimum absolute atomic E-state index is 0.0472. The van der Waals surface area contributed by atoms with E-state index in [2.05, 4.69) is 5.32 Å². The van der Waals surface area contributed by atoms with Crippen LogP contribution in [0.5, 0.6) is 0 Å². The van der Waals surface area contributed by atoms with Gasteiger partial charge in [-0.1, -0.05) is 23.2 Å². The molecule has 0 saturated carbocycles. The molecule has 0 fully saturated rings. The fourth-order valence-corrected chi connectivity index (χ4v) is 2.92. The highest BCUT2D eigenvalue weighted by Crippen LogP contribution is 2.30. The Morgan fingerprint density at radius 3 is 2.63 bits per heavy atom. The number of carboxylic acid groups (broad SMARTS) is 1. The van der Waals surface area contributed by atoms with Crippen molar-refractivity contribution >= 4 is 46.2 Å². The molecule has 0 aliphatic heterocycles. The molecule has 0 spiro atoms. The van der Waals surface area contributed by atoms with E-state index < -0.39 is 5.97 Å². The molecule has 1 aromatic heterocycles. The van der Waals surface area contributed by atoms with Gasteiger partial charge in [0.2, 0.25) is 0 Å². The molecule has 1 unspecified atom stereocenters. The van der Waals surface area contributed by atoms with Gasteiger partial charge in [0, 0.05) is 9.90 Å². The Bertz CT molecular complexity index is 612. The number of rotatable bonds is 4. The first-order valence-electron chi connectivity index (χ1n) is 5.52. The van der Waals surface area contributed by atoms with Crippen molar-refractivity contribution in [1.29, 1.82) is 0 Å². The molecule has 100 valence electrons. The molecule has 0 radical (unpaired) electrons. The largest absolute Gasteiger partial charge is 0.478 e. The first kappa shape index (κ1) is 14.2. The van der Waals surface area contributed by atoms with Gasteiger partial charge in [-0.05, 0) is 37.3 Å². The van der Waals surface area contributed by atoms with Crippen LogP contribution in [0, 0.1) is 0 Å². The molecule has 2 N–H and O–H groups in total. The monoisotopic (exact) mass is 315 g/mol. The second-order valence-electron chi connectivity index (χ2n) is 4.00. The van der Waals surface area contributed by atoms with Crippen molar-refractivity contribution in [3.05, 3.63) is 50.1 Å². The van der Waals surface area contributed by atoms with Crippen LogP contribution in [0.3, 0.4) is 0 Å². The fourth-order valence-electron chi connectivity index (χ4n) is 1.69. The van der Waals surface area contributed by atoms with Gasteiger partial charge in [-0.3, -0.25) is 0 Å². The molecular weight excluding hydrogens is 305 g/mol. The lowest BCUT2D eigenvalue weighted by atomic mass is 10.1. The summed E-state index contributed by atoms with van der Waals surface area (Å²) in [6, 6.07) is 8.33. The number of anilines is 1. The third-order valence-electron chi connectivity index (χ3n) is 2.60. The number of thiophene rings is 1. The van der Waals surface area contributed by atoms with Crippen molar-refractivity contribution in [3.8, 4) is 0 Å². The number of hydrogen-bond acceptors (Lipinski definition) is 3. The molecule has 1 aromatic carbocycles. The molecule has 0 bridgehead atoms. The lowest BCUT2D eigenvalue weighted by Gasteiger charge is -2.16. The lowest BCUT2D eigenvalue weighted by Crippen LogP contribution is -2.09. The summed E-state index contributed by atoms with van der Waals surface area (Å²) >= 11 is 13.2. The normalized spacial score (nSPS) is 12.2. The number of hydrogen-bond donors (Lipinski definition) is 2. The highest BCUT2D eigenvalue weighted by molar-refractivity contribution is 7.16. The van der Waals surface area contributed by atoms with Gasteiger partial charge in [0.1, 0.15) is 0 Å². The molecule has 0 aliphatic rings. The zero-order valence-corrected chi connectivity index (χ0v) is 12.3. The predicted octanol–water partition coefficient (Wildman–Crippen LogP) is 4.93. The molecule has 0 amide bonds. The molecule has 1 heterocycles. The van der Waals surface area contributed by atoms with Crippen LogP contribution in [0.1, 0.15) is 28.2 Å². The fraction of sp³-hybridized carbons (Fsp3) is 0.154. The molecule has 0 saturated heterocycles. The van der Waals surface area contributed by atoms with Crippen molar-refractivity contribution in [2.45, 2.75) is 13.0 Å². The van der Waals surface area contributed by atoms with E-state index in [0.29, 0.717) is 15.0 Å². The summed E-state index contributed by atoms with van der Waals surface area (Å²) in [7, 11) is 0. The summed E-state index contributed by atoms with van der Waals surface area (Å²) in [5, 5.41) is 12.8. The van der Waals surface area contributed by atoms with Crippen LogP contribution in [0.2, 0.25) is 9.36 Å². The zero-order valence-electron chi connectivity index (χ0n) is 9.98. The SMILES string of the molecule is CC(Nc1cc(Cl)ccc1C(=O)O)c1ccc(Cl)s1. The van der Waals surface area contributed by atoms with Crippen molar-refractivity contribution in [3.63, 3.8) is 0 Å². The van der Waals surface area contributed by atoms with Gasteiger partial charge in [0.05, 0.1) is 21.6 Å². The molecular formula is C13H11Cl2NO2S. The van der Waals surface area contributed by atoms with Crippen LogP contribution in [-0.4, -0.2) is 11.1 Å². The number of carboxylic acids is 1. The van der Waals surface area contributed by atoms with E-state index in [0.717, 1.165) is 4.88 Å². The quantitative estimate of drug-likeness (QED) is 0.841. The maximum absolute atomic E-state index is 11.2. The Labute approximate surface area is 124 Å². The zero-order chi connectivity index (χ0) is 14.0. The van der Waals surface area contributed by atoms with Crippen molar-refractivity contribution in [2.75, 3.05) is 5.32 Å². The first-order chi connectivity index (χ1) is 8.97. The molecule has 2 aromatic rings. The Hall–Kier alpha value is -1.23. The molecule has 6 heteroatoms. The topological polar surface area (TPSA) is 49.3 Å². The third kappa shape index (κ3) is 3.41. The van der Waals surface area contributed by atoms with Gasteiger partial charge >= 0.3 is 5.97 Å². The summed E-state index contributed by atoms with van der Waals surface area (Å²) in [6.07, 6.45) is 0. The van der Waals surface area contributed by atoms with Crippen LogP contribution < -0.4 is 5.32 Å². The van der Waals surface area contributed by atoms with Crippen LogP contribution >= 0.6 is 34.5 Å². The Kier molecular flexibility index (Phi) is 4.34. The first-order valence-corrected chi connectivity index (χ1v) is 7.09. The minimum atomic E-state index is -0.990. The number of carbonyl (C=O) groups is 1. The van der Waals surface area contributed by atoms with E-state index in [1.165, 1.54) is 17.4 Å². The number of halogens is 2. The summed E-state index contributed by atoms with van der Waals surface area (Å²) in [6.45, 7) is 1.94. The number of nitrogens with one attached hydrogen (secondary N) is 1. The van der Waals surface area contributed by atoms with Crippen LogP contribution in [0.4, 0.5) is 5.69 Å². The molecule has 3 nitrogen and oxygen atoms in total. The second kappa shape index (κ2) is 5.82. The van der Waals surface area contributed by atoms with E-state index in [-0.39, 0.29) is 11.6 Å². The smallest absolute Gasteiger partial charge is 0.337 e. The average Bonchev–Trinajstić information content (AvgIpc) is 2.75. The van der Waals surface area contributed by atoms with Gasteiger partial charge < -0.3 is 10.4 Å². The lowest BCUT2D eigenvalue weighted by molar-refractivity contribution is 0.0698. The highest BCUT2D eigenvalue weighted by atomic mass is 35.5. The van der Waals surface area contributed by atoms with Gasteiger partial charge in [0.15, 0.2) is 0 Å². The van der Waals surface area contributed by atoms with Gasteiger partial charge in [0.25, 0.3) is 0 Å². The third-order valence-corrected chi connectivity index (χ3v) is 4.25. The second-order valence-corrected chi connectivity index (χ2v) is 6.19. The minimum Gasteiger partial charge on any atom is -0.478 e. The van der Waals surface area contributed by atoms with Crippen LogP contribution in [0.25, 0.3) is 0 Å². The maximum atomic E-state index is 11.2. The number of benzene rings is 1. The Morgan fingerprint density at radius 2 is 2.05 bits per heavy atom. The summed E-state index contributed by atoms with van der Waals surface area (Å²) in [4.78, 5) is 12.2. The van der Waals surface area contributed by atoms with Crippen molar-refractivity contribution < 1.29 is 9.90 Å². The summed E-state index contributed by atoms with van der Waals surface area (Å²) in [5.74, 6) is -0.990. The highest BCUT2D eigenvalue weighted by Gasteiger charge is 2.14. The standard InChI is InChI=1S/C13H11Cl2NO2S/c1-7(11-4-5-12(15)19-11)16-10-6-8(14)2-3-9(10)13(17)18/h2-7,16H,1H3,(H,17,18). The van der Waals surface area contributed by atoms with Gasteiger partial charge in [-0.2, -0.15) is 0 Å². The maximum Gasteiger partial charge on any atom is 0.337 e. The Morgan fingerprint density at radius 1 is 1.32 bits per heavy atom. The predicted molar refractivity (Wildman–Crippen MR) is 79.8 cm³/mol. The summed E-state index contributed by atoms with van der Waals surface area (Å²) < 4.78 is 0.702. The van der Waals surface area contributed by atoms with Gasteiger partial charge in [-0.25, -0.2) is 4.79 Å². The van der Waals surface area contributed by atoms with Crippen LogP contribution in [0.15, 0.2) is 30.3 Å². The van der Waals surface area contributed by atoms with E-state index in [1.54, 1.807) is 12.1 Å². The molecule has 0 aliphatic carbocycles.